The van der Waals surface area contributed by atoms with Crippen molar-refractivity contribution in [1.29, 1.82) is 0 Å². The molecular formula is C58H37N3. The van der Waals surface area contributed by atoms with Crippen molar-refractivity contribution in [2.45, 2.75) is 5.41 Å². The van der Waals surface area contributed by atoms with Gasteiger partial charge in [0, 0.05) is 16.7 Å². The Morgan fingerprint density at radius 2 is 0.492 bits per heavy atom. The van der Waals surface area contributed by atoms with Crippen molar-refractivity contribution in [3.63, 3.8) is 0 Å². The molecule has 0 radical (unpaired) electrons. The lowest BCUT2D eigenvalue weighted by Gasteiger charge is -2.30. The highest BCUT2D eigenvalue weighted by Crippen LogP contribution is 2.63. The standard InChI is InChI=1S/C58H37N3/c1-3-13-38(14-4-1)40-23-29-43(30-24-40)55-59-56(44-31-25-41(26-32-44)39-15-5-2-6-16-39)61-57(60-55)45-33-27-42(28-34-45)46-35-36-50-49-19-9-12-22-53(49)58(54(50)37-46)51-20-10-7-17-47(51)48-18-8-11-21-52(48)58/h1-37H. The van der Waals surface area contributed by atoms with E-state index in [2.05, 4.69) is 212 Å². The van der Waals surface area contributed by atoms with Crippen molar-refractivity contribution in [1.82, 2.24) is 15.0 Å². The average molecular weight is 776 g/mol. The largest absolute Gasteiger partial charge is 0.208 e. The van der Waals surface area contributed by atoms with Crippen LogP contribution in [0.15, 0.2) is 224 Å². The molecule has 2 aliphatic rings. The maximum Gasteiger partial charge on any atom is 0.164 e. The number of hydrogen-bond acceptors (Lipinski definition) is 3. The van der Waals surface area contributed by atoms with Gasteiger partial charge in [0.25, 0.3) is 0 Å². The van der Waals surface area contributed by atoms with E-state index in [1.165, 1.54) is 61.2 Å². The predicted octanol–water partition coefficient (Wildman–Crippen LogP) is 14.2. The maximum atomic E-state index is 5.11. The van der Waals surface area contributed by atoms with E-state index in [0.717, 1.165) is 33.4 Å². The topological polar surface area (TPSA) is 38.7 Å². The summed E-state index contributed by atoms with van der Waals surface area (Å²) in [4.78, 5) is 15.3. The van der Waals surface area contributed by atoms with Gasteiger partial charge in [-0.2, -0.15) is 0 Å². The molecule has 2 aliphatic carbocycles. The monoisotopic (exact) mass is 775 g/mol. The lowest BCUT2D eigenvalue weighted by molar-refractivity contribution is 0.794. The van der Waals surface area contributed by atoms with Gasteiger partial charge in [-0.1, -0.05) is 218 Å². The van der Waals surface area contributed by atoms with E-state index >= 15 is 0 Å². The van der Waals surface area contributed by atoms with Crippen molar-refractivity contribution in [3.05, 3.63) is 247 Å². The van der Waals surface area contributed by atoms with Crippen LogP contribution >= 0.6 is 0 Å². The summed E-state index contributed by atoms with van der Waals surface area (Å²) in [6.45, 7) is 0. The maximum absolute atomic E-state index is 5.11. The molecule has 1 heterocycles. The fourth-order valence-electron chi connectivity index (χ4n) is 9.73. The molecule has 284 valence electrons. The number of benzene rings is 9. The minimum absolute atomic E-state index is 0.384. The molecule has 9 aromatic carbocycles. The summed E-state index contributed by atoms with van der Waals surface area (Å²) in [7, 11) is 0. The first kappa shape index (κ1) is 35.0. The first-order valence-electron chi connectivity index (χ1n) is 20.8. The lowest BCUT2D eigenvalue weighted by atomic mass is 9.70. The first-order valence-corrected chi connectivity index (χ1v) is 20.8. The molecule has 0 saturated heterocycles. The molecule has 0 aliphatic heterocycles. The molecule has 0 atom stereocenters. The van der Waals surface area contributed by atoms with E-state index in [9.17, 15) is 0 Å². The summed E-state index contributed by atoms with van der Waals surface area (Å²) >= 11 is 0. The number of rotatable bonds is 6. The van der Waals surface area contributed by atoms with E-state index in [0.29, 0.717) is 17.5 Å². The van der Waals surface area contributed by atoms with Crippen molar-refractivity contribution in [2.75, 3.05) is 0 Å². The summed E-state index contributed by atoms with van der Waals surface area (Å²) in [6, 6.07) is 80.4. The fourth-order valence-corrected chi connectivity index (χ4v) is 9.73. The Balaban J connectivity index is 0.946. The van der Waals surface area contributed by atoms with Gasteiger partial charge in [0.05, 0.1) is 5.41 Å². The van der Waals surface area contributed by atoms with E-state index in [4.69, 9.17) is 15.0 Å². The Bertz CT molecular complexity index is 3100. The Labute approximate surface area is 355 Å². The number of fused-ring (bicyclic) bond motifs is 10. The van der Waals surface area contributed by atoms with E-state index in [1.807, 2.05) is 12.1 Å². The normalized spacial score (nSPS) is 12.7. The third kappa shape index (κ3) is 5.62. The fraction of sp³-hybridized carbons (Fsp3) is 0.0172. The van der Waals surface area contributed by atoms with Gasteiger partial charge in [-0.25, -0.2) is 15.0 Å². The molecule has 0 N–H and O–H groups in total. The van der Waals surface area contributed by atoms with Crippen LogP contribution in [0, 0.1) is 0 Å². The summed E-state index contributed by atoms with van der Waals surface area (Å²) < 4.78 is 0. The van der Waals surface area contributed by atoms with Gasteiger partial charge >= 0.3 is 0 Å². The molecule has 0 unspecified atom stereocenters. The highest BCUT2D eigenvalue weighted by Gasteiger charge is 2.51. The van der Waals surface area contributed by atoms with E-state index in [-0.39, 0.29) is 5.41 Å². The molecular weight excluding hydrogens is 739 g/mol. The summed E-state index contributed by atoms with van der Waals surface area (Å²) in [5.74, 6) is 1.90. The van der Waals surface area contributed by atoms with Crippen LogP contribution in [0.5, 0.6) is 0 Å². The lowest BCUT2D eigenvalue weighted by Crippen LogP contribution is -2.25. The van der Waals surface area contributed by atoms with Gasteiger partial charge in [-0.15, -0.1) is 0 Å². The van der Waals surface area contributed by atoms with Crippen LogP contribution in [0.1, 0.15) is 22.3 Å². The summed E-state index contributed by atoms with van der Waals surface area (Å²) in [6.07, 6.45) is 0. The van der Waals surface area contributed by atoms with Gasteiger partial charge in [-0.05, 0) is 84.0 Å². The number of hydrogen-bond donors (Lipinski definition) is 0. The molecule has 12 rings (SSSR count). The van der Waals surface area contributed by atoms with Gasteiger partial charge in [0.2, 0.25) is 0 Å². The van der Waals surface area contributed by atoms with Crippen LogP contribution in [-0.4, -0.2) is 15.0 Å². The Kier molecular flexibility index (Phi) is 8.07. The zero-order valence-electron chi connectivity index (χ0n) is 33.2. The molecule has 0 saturated carbocycles. The SMILES string of the molecule is c1ccc(-c2ccc(-c3nc(-c4ccc(-c5ccccc5)cc4)nc(-c4ccc(-c5ccc6c(c5)C5(c7ccccc7-c7ccccc75)c5ccccc5-6)cc4)n3)cc2)cc1. The Morgan fingerprint density at radius 3 is 0.885 bits per heavy atom. The molecule has 10 aromatic rings. The zero-order valence-corrected chi connectivity index (χ0v) is 33.2. The van der Waals surface area contributed by atoms with Crippen LogP contribution in [-0.2, 0) is 5.41 Å². The third-order valence-corrected chi connectivity index (χ3v) is 12.6. The van der Waals surface area contributed by atoms with Crippen molar-refractivity contribution in [3.8, 4) is 89.8 Å². The van der Waals surface area contributed by atoms with Crippen molar-refractivity contribution < 1.29 is 0 Å². The number of aromatic nitrogens is 3. The third-order valence-electron chi connectivity index (χ3n) is 12.6. The molecule has 1 spiro atoms. The van der Waals surface area contributed by atoms with Crippen LogP contribution in [0.4, 0.5) is 0 Å². The molecule has 61 heavy (non-hydrogen) atoms. The number of nitrogens with zero attached hydrogens (tertiary/aromatic N) is 3. The van der Waals surface area contributed by atoms with Crippen LogP contribution in [0.3, 0.4) is 0 Å². The minimum Gasteiger partial charge on any atom is -0.208 e. The van der Waals surface area contributed by atoms with Gasteiger partial charge < -0.3 is 0 Å². The quantitative estimate of drug-likeness (QED) is 0.169. The molecule has 0 amide bonds. The summed E-state index contributed by atoms with van der Waals surface area (Å²) in [5.41, 5.74) is 20.0. The van der Waals surface area contributed by atoms with Crippen LogP contribution < -0.4 is 0 Å². The second kappa shape index (κ2) is 14.1. The van der Waals surface area contributed by atoms with E-state index < -0.39 is 0 Å². The minimum atomic E-state index is -0.384. The molecule has 3 nitrogen and oxygen atoms in total. The second-order valence-corrected chi connectivity index (χ2v) is 15.9. The molecule has 3 heteroatoms. The highest BCUT2D eigenvalue weighted by molar-refractivity contribution is 5.96. The Hall–Kier alpha value is -8.01. The van der Waals surface area contributed by atoms with Crippen molar-refractivity contribution in [2.24, 2.45) is 0 Å². The molecule has 1 aromatic heterocycles. The average Bonchev–Trinajstić information content (AvgIpc) is 3.82. The van der Waals surface area contributed by atoms with E-state index in [1.54, 1.807) is 0 Å². The second-order valence-electron chi connectivity index (χ2n) is 15.9. The van der Waals surface area contributed by atoms with Gasteiger partial charge in [-0.3, -0.25) is 0 Å². The smallest absolute Gasteiger partial charge is 0.164 e. The molecule has 0 fully saturated rings. The predicted molar refractivity (Wildman–Crippen MR) is 249 cm³/mol. The molecule has 0 bridgehead atoms. The highest BCUT2D eigenvalue weighted by atomic mass is 15.0. The van der Waals surface area contributed by atoms with Crippen LogP contribution in [0.25, 0.3) is 89.8 Å². The van der Waals surface area contributed by atoms with Crippen LogP contribution in [0.2, 0.25) is 0 Å². The first-order chi connectivity index (χ1) is 30.2. The Morgan fingerprint density at radius 1 is 0.213 bits per heavy atom. The van der Waals surface area contributed by atoms with Gasteiger partial charge in [0.1, 0.15) is 0 Å². The van der Waals surface area contributed by atoms with Crippen molar-refractivity contribution >= 4 is 0 Å². The zero-order chi connectivity index (χ0) is 40.3. The summed E-state index contributed by atoms with van der Waals surface area (Å²) in [5, 5.41) is 0. The van der Waals surface area contributed by atoms with Gasteiger partial charge in [0.15, 0.2) is 17.5 Å².